The lowest BCUT2D eigenvalue weighted by Gasteiger charge is -2.14. The Morgan fingerprint density at radius 2 is 1.24 bits per heavy atom. The van der Waals surface area contributed by atoms with E-state index in [1.807, 2.05) is 9.44 Å². The minimum Gasteiger partial charge on any atom is -0.495 e. The molecule has 3 aromatic rings. The van der Waals surface area contributed by atoms with Crippen LogP contribution >= 0.6 is 0 Å². The van der Waals surface area contributed by atoms with Gasteiger partial charge in [0.25, 0.3) is 20.0 Å². The number of nitroso groups, excluding NO2 is 2. The molecular weight excluding hydrogens is 498 g/mol. The maximum absolute atomic E-state index is 13.6. The number of nitrogens with zero attached hydrogens (tertiary/aromatic N) is 2. The second-order valence-electron chi connectivity index (χ2n) is 6.60. The molecular formula is C19H14F2N4O7S2. The molecule has 34 heavy (non-hydrogen) atoms. The van der Waals surface area contributed by atoms with Gasteiger partial charge in [-0.2, -0.15) is 0 Å². The molecule has 178 valence electrons. The first-order valence-electron chi connectivity index (χ1n) is 8.99. The highest BCUT2D eigenvalue weighted by atomic mass is 32.2. The lowest BCUT2D eigenvalue weighted by atomic mass is 10.3. The van der Waals surface area contributed by atoms with Crippen LogP contribution in [0, 0.1) is 21.4 Å². The SMILES string of the molecule is COc1ccc(S(=O)(=O)Nc2cc(F)cc(N=O)c2)cc1S(=O)(=O)Nc1cc(F)cc(N=O)c1. The van der Waals surface area contributed by atoms with Crippen molar-refractivity contribution in [3.63, 3.8) is 0 Å². The van der Waals surface area contributed by atoms with Gasteiger partial charge in [0.2, 0.25) is 0 Å². The number of hydrogen-bond donors (Lipinski definition) is 2. The number of ether oxygens (including phenoxy) is 1. The summed E-state index contributed by atoms with van der Waals surface area (Å²) in [5, 5.41) is 5.08. The Morgan fingerprint density at radius 3 is 1.71 bits per heavy atom. The van der Waals surface area contributed by atoms with Crippen LogP contribution < -0.4 is 14.2 Å². The number of methoxy groups -OCH3 is 1. The van der Waals surface area contributed by atoms with E-state index in [0.29, 0.717) is 0 Å². The lowest BCUT2D eigenvalue weighted by Crippen LogP contribution is -2.17. The number of halogens is 2. The molecule has 0 aliphatic heterocycles. The molecule has 0 saturated carbocycles. The minimum atomic E-state index is -4.56. The molecule has 0 aliphatic rings. The fourth-order valence-corrected chi connectivity index (χ4v) is 5.21. The lowest BCUT2D eigenvalue weighted by molar-refractivity contribution is 0.402. The Labute approximate surface area is 191 Å². The molecule has 0 spiro atoms. The molecule has 3 aromatic carbocycles. The third-order valence-electron chi connectivity index (χ3n) is 4.22. The zero-order valence-electron chi connectivity index (χ0n) is 17.0. The molecule has 0 heterocycles. The van der Waals surface area contributed by atoms with Crippen LogP contribution in [0.3, 0.4) is 0 Å². The van der Waals surface area contributed by atoms with Crippen molar-refractivity contribution >= 4 is 42.8 Å². The Kier molecular flexibility index (Phi) is 6.88. The number of benzene rings is 3. The van der Waals surface area contributed by atoms with E-state index < -0.39 is 41.5 Å². The van der Waals surface area contributed by atoms with Gasteiger partial charge >= 0.3 is 0 Å². The molecule has 2 N–H and O–H groups in total. The molecule has 0 amide bonds. The summed E-state index contributed by atoms with van der Waals surface area (Å²) in [7, 11) is -7.91. The highest BCUT2D eigenvalue weighted by Gasteiger charge is 2.25. The predicted octanol–water partition coefficient (Wildman–Crippen LogP) is 4.37. The Hall–Kier alpha value is -3.98. The average Bonchev–Trinajstić information content (AvgIpc) is 2.77. The molecule has 0 aromatic heterocycles. The standard InChI is InChI=1S/C19H14F2N4O7S2/c1-32-18-3-2-17(33(28,29)24-15-6-11(20)4-13(8-15)22-26)10-19(18)34(30,31)25-16-7-12(21)5-14(9-16)23-27/h2-10,24-25H,1H3. The number of nitrogens with one attached hydrogen (secondary N) is 2. The van der Waals surface area contributed by atoms with Crippen LogP contribution in [-0.4, -0.2) is 23.9 Å². The number of hydrogen-bond acceptors (Lipinski definition) is 9. The smallest absolute Gasteiger partial charge is 0.265 e. The van der Waals surface area contributed by atoms with Gasteiger partial charge in [-0.25, -0.2) is 25.6 Å². The van der Waals surface area contributed by atoms with Crippen LogP contribution in [0.5, 0.6) is 5.75 Å². The Morgan fingerprint density at radius 1 is 0.735 bits per heavy atom. The third kappa shape index (κ3) is 5.49. The van der Waals surface area contributed by atoms with Crippen LogP contribution in [0.15, 0.2) is 74.7 Å². The Balaban J connectivity index is 2.02. The van der Waals surface area contributed by atoms with Crippen molar-refractivity contribution in [2.24, 2.45) is 10.4 Å². The van der Waals surface area contributed by atoms with Crippen LogP contribution in [-0.2, 0) is 20.0 Å². The summed E-state index contributed by atoms with van der Waals surface area (Å²) in [5.41, 5.74) is -1.44. The molecule has 15 heteroatoms. The Bertz CT molecular complexity index is 1500. The molecule has 11 nitrogen and oxygen atoms in total. The summed E-state index contributed by atoms with van der Waals surface area (Å²) in [6, 6.07) is 7.89. The summed E-state index contributed by atoms with van der Waals surface area (Å²) in [6.45, 7) is 0. The van der Waals surface area contributed by atoms with Crippen molar-refractivity contribution in [2.75, 3.05) is 16.6 Å². The molecule has 0 aliphatic carbocycles. The van der Waals surface area contributed by atoms with Crippen molar-refractivity contribution < 1.29 is 30.4 Å². The van der Waals surface area contributed by atoms with Gasteiger partial charge in [-0.1, -0.05) is 0 Å². The predicted molar refractivity (Wildman–Crippen MR) is 118 cm³/mol. The van der Waals surface area contributed by atoms with Gasteiger partial charge in [-0.3, -0.25) is 9.44 Å². The summed E-state index contributed by atoms with van der Waals surface area (Å²) in [4.78, 5) is 20.1. The summed E-state index contributed by atoms with van der Waals surface area (Å²) < 4.78 is 87.7. The van der Waals surface area contributed by atoms with Crippen molar-refractivity contribution in [3.05, 3.63) is 76.0 Å². The van der Waals surface area contributed by atoms with Gasteiger partial charge in [0.1, 0.15) is 33.7 Å². The van der Waals surface area contributed by atoms with E-state index in [1.54, 1.807) is 0 Å². The fourth-order valence-electron chi connectivity index (χ4n) is 2.83. The van der Waals surface area contributed by atoms with E-state index in [1.165, 1.54) is 0 Å². The van der Waals surface area contributed by atoms with Gasteiger partial charge in [0.15, 0.2) is 0 Å². The largest absolute Gasteiger partial charge is 0.495 e. The van der Waals surface area contributed by atoms with Crippen molar-refractivity contribution in [1.82, 2.24) is 0 Å². The fraction of sp³-hybridized carbons (Fsp3) is 0.0526. The number of rotatable bonds is 9. The molecule has 0 atom stereocenters. The molecule has 3 rings (SSSR count). The van der Waals surface area contributed by atoms with E-state index in [9.17, 15) is 35.4 Å². The molecule has 0 fully saturated rings. The van der Waals surface area contributed by atoms with Crippen LogP contribution in [0.25, 0.3) is 0 Å². The number of sulfonamides is 2. The summed E-state index contributed by atoms with van der Waals surface area (Å²) in [5.74, 6) is -2.13. The van der Waals surface area contributed by atoms with Gasteiger partial charge in [-0.15, -0.1) is 9.81 Å². The average molecular weight is 512 g/mol. The van der Waals surface area contributed by atoms with E-state index in [0.717, 1.165) is 61.7 Å². The van der Waals surface area contributed by atoms with Crippen molar-refractivity contribution in [2.45, 2.75) is 9.79 Å². The van der Waals surface area contributed by atoms with E-state index in [2.05, 4.69) is 10.4 Å². The minimum absolute atomic E-state index is 0.255. The van der Waals surface area contributed by atoms with E-state index in [4.69, 9.17) is 4.74 Å². The molecule has 0 unspecified atom stereocenters. The van der Waals surface area contributed by atoms with Gasteiger partial charge in [0, 0.05) is 12.1 Å². The van der Waals surface area contributed by atoms with Crippen LogP contribution in [0.1, 0.15) is 0 Å². The van der Waals surface area contributed by atoms with Crippen LogP contribution in [0.4, 0.5) is 31.5 Å². The second kappa shape index (κ2) is 9.48. The monoisotopic (exact) mass is 512 g/mol. The highest BCUT2D eigenvalue weighted by molar-refractivity contribution is 7.93. The maximum Gasteiger partial charge on any atom is 0.265 e. The van der Waals surface area contributed by atoms with Crippen LogP contribution in [0.2, 0.25) is 0 Å². The first-order chi connectivity index (χ1) is 16.0. The van der Waals surface area contributed by atoms with E-state index >= 15 is 0 Å². The highest BCUT2D eigenvalue weighted by Crippen LogP contribution is 2.31. The maximum atomic E-state index is 13.6. The molecule has 0 radical (unpaired) electrons. The van der Waals surface area contributed by atoms with Gasteiger partial charge in [0.05, 0.1) is 23.4 Å². The topological polar surface area (TPSA) is 160 Å². The molecule has 0 saturated heterocycles. The van der Waals surface area contributed by atoms with Crippen molar-refractivity contribution in [3.8, 4) is 5.75 Å². The summed E-state index contributed by atoms with van der Waals surface area (Å²) >= 11 is 0. The second-order valence-corrected chi connectivity index (χ2v) is 9.94. The number of anilines is 2. The van der Waals surface area contributed by atoms with Gasteiger partial charge < -0.3 is 4.74 Å². The quantitative estimate of drug-likeness (QED) is 0.402. The third-order valence-corrected chi connectivity index (χ3v) is 7.00. The molecule has 0 bridgehead atoms. The van der Waals surface area contributed by atoms with Gasteiger partial charge in [-0.05, 0) is 52.8 Å². The zero-order chi connectivity index (χ0) is 25.1. The van der Waals surface area contributed by atoms with E-state index in [-0.39, 0.29) is 28.5 Å². The first-order valence-corrected chi connectivity index (χ1v) is 12.0. The van der Waals surface area contributed by atoms with Crippen molar-refractivity contribution in [1.29, 1.82) is 0 Å². The zero-order valence-corrected chi connectivity index (χ0v) is 18.7. The first kappa shape index (κ1) is 24.7. The normalized spacial score (nSPS) is 11.5. The summed E-state index contributed by atoms with van der Waals surface area (Å²) in [6.07, 6.45) is 0.